The van der Waals surface area contributed by atoms with Crippen LogP contribution in [0.25, 0.3) is 10.8 Å². The van der Waals surface area contributed by atoms with Gasteiger partial charge in [-0.25, -0.2) is 0 Å². The van der Waals surface area contributed by atoms with Crippen molar-refractivity contribution in [3.63, 3.8) is 0 Å². The largest absolute Gasteiger partial charge is 0.391 e. The molecule has 4 rings (SSSR count). The third kappa shape index (κ3) is 2.95. The van der Waals surface area contributed by atoms with E-state index in [2.05, 4.69) is 60.2 Å². The van der Waals surface area contributed by atoms with E-state index in [9.17, 15) is 5.11 Å². The Morgan fingerprint density at radius 2 is 2.00 bits per heavy atom. The average molecular weight is 338 g/mol. The van der Waals surface area contributed by atoms with E-state index in [0.29, 0.717) is 12.0 Å². The van der Waals surface area contributed by atoms with Gasteiger partial charge in [0.25, 0.3) is 0 Å². The molecule has 2 aromatic rings. The fraction of sp³-hybridized carbons (Fsp3) is 0.429. The first-order valence-electron chi connectivity index (χ1n) is 9.16. The molecular weight excluding hydrogens is 312 g/mol. The van der Waals surface area contributed by atoms with Gasteiger partial charge in [0, 0.05) is 17.7 Å². The van der Waals surface area contributed by atoms with Gasteiger partial charge in [-0.3, -0.25) is 10.3 Å². The number of aliphatic hydroxyl groups is 1. The Hall–Kier alpha value is -1.88. The molecule has 0 spiro atoms. The van der Waals surface area contributed by atoms with Crippen molar-refractivity contribution in [1.82, 2.24) is 10.8 Å². The molecule has 2 unspecified atom stereocenters. The summed E-state index contributed by atoms with van der Waals surface area (Å²) in [6.07, 6.45) is 2.35. The van der Waals surface area contributed by atoms with Gasteiger partial charge in [-0.15, -0.1) is 0 Å². The third-order valence-electron chi connectivity index (χ3n) is 5.66. The van der Waals surface area contributed by atoms with E-state index >= 15 is 0 Å². The molecule has 2 saturated heterocycles. The second-order valence-electron chi connectivity index (χ2n) is 7.13. The Kier molecular flexibility index (Phi) is 4.50. The summed E-state index contributed by atoms with van der Waals surface area (Å²) in [5.41, 5.74) is 6.73. The number of hydroxylamine groups is 1. The van der Waals surface area contributed by atoms with E-state index in [-0.39, 0.29) is 12.1 Å². The summed E-state index contributed by atoms with van der Waals surface area (Å²) in [5, 5.41) is 16.7. The topological polar surface area (TPSA) is 53.5 Å². The van der Waals surface area contributed by atoms with Crippen LogP contribution in [0, 0.1) is 0 Å². The molecule has 4 atom stereocenters. The molecule has 4 heteroatoms. The first-order valence-corrected chi connectivity index (χ1v) is 9.16. The Morgan fingerprint density at radius 3 is 2.76 bits per heavy atom. The molecule has 0 radical (unpaired) electrons. The molecule has 2 bridgehead atoms. The maximum absolute atomic E-state index is 10.6. The summed E-state index contributed by atoms with van der Waals surface area (Å²) in [4.78, 5) is 5.23. The van der Waals surface area contributed by atoms with Crippen LogP contribution in [0.4, 0.5) is 0 Å². The van der Waals surface area contributed by atoms with E-state index in [4.69, 9.17) is 4.84 Å². The van der Waals surface area contributed by atoms with Gasteiger partial charge in [0.15, 0.2) is 0 Å². The highest BCUT2D eigenvalue weighted by Crippen LogP contribution is 2.43. The van der Waals surface area contributed by atoms with Crippen LogP contribution in [-0.4, -0.2) is 30.4 Å². The number of piperidine rings is 1. The minimum atomic E-state index is -0.328. The van der Waals surface area contributed by atoms with Crippen LogP contribution >= 0.6 is 0 Å². The fourth-order valence-corrected chi connectivity index (χ4v) is 4.55. The molecule has 2 aliphatic rings. The quantitative estimate of drug-likeness (QED) is 0.749. The summed E-state index contributed by atoms with van der Waals surface area (Å²) in [6.45, 7) is 2.12. The molecule has 0 aliphatic carbocycles. The summed E-state index contributed by atoms with van der Waals surface area (Å²) in [5.74, 6) is 0.301. The number of hydrogen-bond donors (Lipinski definition) is 3. The van der Waals surface area contributed by atoms with Gasteiger partial charge >= 0.3 is 0 Å². The summed E-state index contributed by atoms with van der Waals surface area (Å²) >= 11 is 0. The molecule has 0 aromatic heterocycles. The van der Waals surface area contributed by atoms with Crippen molar-refractivity contribution in [1.29, 1.82) is 0 Å². The summed E-state index contributed by atoms with van der Waals surface area (Å²) < 4.78 is 0. The zero-order chi connectivity index (χ0) is 17.4. The molecule has 132 valence electrons. The average Bonchev–Trinajstić information content (AvgIpc) is 2.94. The Bertz CT molecular complexity index is 801. The van der Waals surface area contributed by atoms with E-state index in [1.165, 1.54) is 21.9 Å². The number of hydrogen-bond acceptors (Lipinski definition) is 4. The maximum Gasteiger partial charge on any atom is 0.0747 e. The summed E-state index contributed by atoms with van der Waals surface area (Å²) in [6, 6.07) is 15.6. The fourth-order valence-electron chi connectivity index (χ4n) is 4.55. The Morgan fingerprint density at radius 1 is 1.20 bits per heavy atom. The lowest BCUT2D eigenvalue weighted by atomic mass is 9.79. The lowest BCUT2D eigenvalue weighted by Gasteiger charge is -2.35. The standard InChI is InChI=1S/C21H26N2O2/c1-3-18(23-25-2)20-17(11-16-12-19(24)21(20)22-16)15-9-8-13-6-4-5-7-14(13)10-15/h4-10,16-17,19,21-24H,3,11-12H2,1-2H3/t16?,17-,19?,21+/m0/s1. The van der Waals surface area contributed by atoms with Crippen molar-refractivity contribution < 1.29 is 9.94 Å². The van der Waals surface area contributed by atoms with E-state index in [1.807, 2.05) is 0 Å². The monoisotopic (exact) mass is 338 g/mol. The van der Waals surface area contributed by atoms with Crippen molar-refractivity contribution in [2.75, 3.05) is 7.11 Å². The third-order valence-corrected chi connectivity index (χ3v) is 5.66. The Labute approximate surface area is 148 Å². The number of fused-ring (bicyclic) bond motifs is 3. The molecule has 0 amide bonds. The number of nitrogens with one attached hydrogen (secondary N) is 2. The number of benzene rings is 2. The maximum atomic E-state index is 10.6. The van der Waals surface area contributed by atoms with E-state index in [0.717, 1.165) is 25.0 Å². The lowest BCUT2D eigenvalue weighted by Crippen LogP contribution is -2.44. The van der Waals surface area contributed by atoms with Crippen LogP contribution in [-0.2, 0) is 4.84 Å². The molecule has 3 N–H and O–H groups in total. The van der Waals surface area contributed by atoms with Crippen molar-refractivity contribution >= 4 is 10.8 Å². The molecule has 0 saturated carbocycles. The smallest absolute Gasteiger partial charge is 0.0747 e. The first-order chi connectivity index (χ1) is 12.2. The molecule has 2 aromatic carbocycles. The van der Waals surface area contributed by atoms with Crippen LogP contribution in [0.15, 0.2) is 53.7 Å². The molecule has 2 heterocycles. The lowest BCUT2D eigenvalue weighted by molar-refractivity contribution is 0.111. The van der Waals surface area contributed by atoms with Gasteiger partial charge in [-0.05, 0) is 41.2 Å². The number of aliphatic hydroxyl groups excluding tert-OH is 1. The van der Waals surface area contributed by atoms with Gasteiger partial charge in [-0.1, -0.05) is 49.4 Å². The highest BCUT2D eigenvalue weighted by Gasteiger charge is 2.44. The van der Waals surface area contributed by atoms with Crippen LogP contribution in [0.1, 0.15) is 37.7 Å². The van der Waals surface area contributed by atoms with Gasteiger partial charge in [0.1, 0.15) is 0 Å². The van der Waals surface area contributed by atoms with Crippen LogP contribution in [0.2, 0.25) is 0 Å². The SMILES string of the molecule is CCC(NOC)=C1[C@H](c2ccc3ccccc3c2)CC2CC(O)[C@H]1N2. The predicted octanol–water partition coefficient (Wildman–Crippen LogP) is 3.23. The van der Waals surface area contributed by atoms with Crippen molar-refractivity contribution in [3.8, 4) is 0 Å². The zero-order valence-corrected chi connectivity index (χ0v) is 14.8. The van der Waals surface area contributed by atoms with E-state index in [1.54, 1.807) is 7.11 Å². The number of allylic oxidation sites excluding steroid dienone is 1. The van der Waals surface area contributed by atoms with Gasteiger partial charge < -0.3 is 10.4 Å². The minimum absolute atomic E-state index is 0.00724. The Balaban J connectivity index is 1.81. The molecule has 2 aliphatic heterocycles. The molecule has 4 nitrogen and oxygen atoms in total. The predicted molar refractivity (Wildman–Crippen MR) is 100 cm³/mol. The molecular formula is C21H26N2O2. The van der Waals surface area contributed by atoms with E-state index < -0.39 is 0 Å². The number of rotatable bonds is 4. The van der Waals surface area contributed by atoms with Crippen LogP contribution in [0.3, 0.4) is 0 Å². The van der Waals surface area contributed by atoms with Crippen LogP contribution in [0.5, 0.6) is 0 Å². The second kappa shape index (κ2) is 6.79. The second-order valence-corrected chi connectivity index (χ2v) is 7.13. The highest BCUT2D eigenvalue weighted by molar-refractivity contribution is 5.83. The molecule has 25 heavy (non-hydrogen) atoms. The normalized spacial score (nSPS) is 30.5. The van der Waals surface area contributed by atoms with Crippen LogP contribution < -0.4 is 10.8 Å². The zero-order valence-electron chi connectivity index (χ0n) is 14.8. The minimum Gasteiger partial charge on any atom is -0.391 e. The van der Waals surface area contributed by atoms with Crippen molar-refractivity contribution in [2.24, 2.45) is 0 Å². The van der Waals surface area contributed by atoms with Crippen molar-refractivity contribution in [3.05, 3.63) is 59.3 Å². The highest BCUT2D eigenvalue weighted by atomic mass is 16.6. The van der Waals surface area contributed by atoms with Gasteiger partial charge in [0.05, 0.1) is 19.3 Å². The van der Waals surface area contributed by atoms with Gasteiger partial charge in [-0.2, -0.15) is 0 Å². The first kappa shape index (κ1) is 16.6. The van der Waals surface area contributed by atoms with Crippen molar-refractivity contribution in [2.45, 2.75) is 50.3 Å². The molecule has 2 fully saturated rings. The van der Waals surface area contributed by atoms with Gasteiger partial charge in [0.2, 0.25) is 0 Å². The summed E-state index contributed by atoms with van der Waals surface area (Å²) in [7, 11) is 1.64.